The van der Waals surface area contributed by atoms with E-state index in [1.807, 2.05) is 6.92 Å². The standard InChI is InChI=1S/C19H25Cl2N5O4/c1-3-16-18(30-15-9-13(20)8-14(21)10-15)17(11-22-4-5-23-12(2)27)26(25-16)7-6-24-19(28)29/h8-10,22,24H,3-7,11H2,1-2H3,(H,23,27)(H,28,29). The quantitative estimate of drug-likeness (QED) is 0.385. The summed E-state index contributed by atoms with van der Waals surface area (Å²) in [6, 6.07) is 4.93. The zero-order valence-corrected chi connectivity index (χ0v) is 18.3. The molecule has 11 heteroatoms. The van der Waals surface area contributed by atoms with E-state index in [0.717, 1.165) is 11.4 Å². The van der Waals surface area contributed by atoms with E-state index in [1.54, 1.807) is 22.9 Å². The zero-order valence-electron chi connectivity index (χ0n) is 16.8. The lowest BCUT2D eigenvalue weighted by Crippen LogP contribution is -2.31. The van der Waals surface area contributed by atoms with Gasteiger partial charge in [-0.2, -0.15) is 5.10 Å². The molecule has 2 aromatic rings. The lowest BCUT2D eigenvalue weighted by Gasteiger charge is -2.12. The number of halogens is 2. The van der Waals surface area contributed by atoms with Crippen LogP contribution in [0.2, 0.25) is 10.0 Å². The van der Waals surface area contributed by atoms with E-state index in [4.69, 9.17) is 33.0 Å². The Bertz CT molecular complexity index is 868. The smallest absolute Gasteiger partial charge is 0.404 e. The molecule has 164 valence electrons. The first-order valence-electron chi connectivity index (χ1n) is 9.44. The van der Waals surface area contributed by atoms with Gasteiger partial charge in [0.2, 0.25) is 5.91 Å². The Hall–Kier alpha value is -2.49. The molecule has 0 radical (unpaired) electrons. The number of nitrogens with one attached hydrogen (secondary N) is 3. The number of carbonyl (C=O) groups is 2. The highest BCUT2D eigenvalue weighted by Crippen LogP contribution is 2.33. The molecule has 1 heterocycles. The van der Waals surface area contributed by atoms with Crippen LogP contribution < -0.4 is 20.7 Å². The van der Waals surface area contributed by atoms with E-state index >= 15 is 0 Å². The summed E-state index contributed by atoms with van der Waals surface area (Å²) in [7, 11) is 0. The SMILES string of the molecule is CCc1nn(CCNC(=O)O)c(CNCCNC(C)=O)c1Oc1cc(Cl)cc(Cl)c1. The Morgan fingerprint density at radius 2 is 1.83 bits per heavy atom. The van der Waals surface area contributed by atoms with Gasteiger partial charge >= 0.3 is 6.09 Å². The fraction of sp³-hybridized carbons (Fsp3) is 0.421. The second kappa shape index (κ2) is 11.6. The van der Waals surface area contributed by atoms with Crippen molar-refractivity contribution in [3.8, 4) is 11.5 Å². The van der Waals surface area contributed by atoms with E-state index in [1.165, 1.54) is 6.92 Å². The van der Waals surface area contributed by atoms with Gasteiger partial charge in [-0.3, -0.25) is 9.48 Å². The molecule has 0 aliphatic rings. The van der Waals surface area contributed by atoms with Gasteiger partial charge in [-0.25, -0.2) is 4.79 Å². The number of carbonyl (C=O) groups excluding carboxylic acids is 1. The van der Waals surface area contributed by atoms with E-state index in [-0.39, 0.29) is 12.5 Å². The molecule has 2 amide bonds. The Kier molecular flexibility index (Phi) is 9.22. The summed E-state index contributed by atoms with van der Waals surface area (Å²) in [6.45, 7) is 5.37. The van der Waals surface area contributed by atoms with Crippen LogP contribution in [0.25, 0.3) is 0 Å². The molecule has 0 saturated carbocycles. The normalized spacial score (nSPS) is 10.7. The van der Waals surface area contributed by atoms with Gasteiger partial charge in [0, 0.05) is 43.1 Å². The van der Waals surface area contributed by atoms with Gasteiger partial charge in [-0.05, 0) is 24.6 Å². The number of benzene rings is 1. The molecule has 0 aliphatic carbocycles. The average molecular weight is 458 g/mol. The summed E-state index contributed by atoms with van der Waals surface area (Å²) < 4.78 is 7.81. The van der Waals surface area contributed by atoms with Crippen molar-refractivity contribution in [2.45, 2.75) is 33.4 Å². The van der Waals surface area contributed by atoms with Crippen LogP contribution in [0.5, 0.6) is 11.5 Å². The van der Waals surface area contributed by atoms with Crippen molar-refractivity contribution in [3.63, 3.8) is 0 Å². The fourth-order valence-corrected chi connectivity index (χ4v) is 3.25. The van der Waals surface area contributed by atoms with Crippen molar-refractivity contribution in [2.24, 2.45) is 0 Å². The van der Waals surface area contributed by atoms with Crippen LogP contribution in [0.3, 0.4) is 0 Å². The highest BCUT2D eigenvalue weighted by Gasteiger charge is 2.19. The van der Waals surface area contributed by atoms with Crippen LogP contribution in [0.4, 0.5) is 4.79 Å². The second-order valence-corrected chi connectivity index (χ2v) is 7.27. The van der Waals surface area contributed by atoms with Crippen molar-refractivity contribution in [3.05, 3.63) is 39.6 Å². The number of aromatic nitrogens is 2. The van der Waals surface area contributed by atoms with Crippen LogP contribution in [-0.4, -0.2) is 46.5 Å². The van der Waals surface area contributed by atoms with Crippen LogP contribution in [0.15, 0.2) is 18.2 Å². The number of aryl methyl sites for hydroxylation is 1. The van der Waals surface area contributed by atoms with E-state index in [2.05, 4.69) is 21.0 Å². The molecule has 0 spiro atoms. The molecule has 0 fully saturated rings. The van der Waals surface area contributed by atoms with Gasteiger partial charge in [-0.15, -0.1) is 0 Å². The summed E-state index contributed by atoms with van der Waals surface area (Å²) in [5.74, 6) is 0.944. The largest absolute Gasteiger partial charge is 0.465 e. The molecule has 1 aromatic heterocycles. The van der Waals surface area contributed by atoms with E-state index in [9.17, 15) is 9.59 Å². The molecule has 0 saturated heterocycles. The minimum absolute atomic E-state index is 0.100. The van der Waals surface area contributed by atoms with Crippen molar-refractivity contribution < 1.29 is 19.4 Å². The first-order valence-corrected chi connectivity index (χ1v) is 10.2. The van der Waals surface area contributed by atoms with Crippen molar-refractivity contribution >= 4 is 35.2 Å². The maximum atomic E-state index is 11.0. The third kappa shape index (κ3) is 7.40. The topological polar surface area (TPSA) is 118 Å². The van der Waals surface area contributed by atoms with Gasteiger partial charge in [0.15, 0.2) is 5.75 Å². The van der Waals surface area contributed by atoms with Crippen molar-refractivity contribution in [1.29, 1.82) is 0 Å². The van der Waals surface area contributed by atoms with Crippen LogP contribution >= 0.6 is 23.2 Å². The van der Waals surface area contributed by atoms with Gasteiger partial charge < -0.3 is 25.8 Å². The third-order valence-electron chi connectivity index (χ3n) is 4.04. The van der Waals surface area contributed by atoms with Crippen molar-refractivity contribution in [1.82, 2.24) is 25.7 Å². The van der Waals surface area contributed by atoms with Crippen molar-refractivity contribution in [2.75, 3.05) is 19.6 Å². The number of hydrogen-bond acceptors (Lipinski definition) is 5. The van der Waals surface area contributed by atoms with E-state index in [0.29, 0.717) is 54.1 Å². The van der Waals surface area contributed by atoms with Gasteiger partial charge in [-0.1, -0.05) is 30.1 Å². The fourth-order valence-electron chi connectivity index (χ4n) is 2.75. The molecule has 30 heavy (non-hydrogen) atoms. The average Bonchev–Trinajstić information content (AvgIpc) is 2.97. The molecule has 0 atom stereocenters. The molecular weight excluding hydrogens is 433 g/mol. The summed E-state index contributed by atoms with van der Waals surface area (Å²) in [5, 5.41) is 22.6. The Balaban J connectivity index is 2.25. The summed E-state index contributed by atoms with van der Waals surface area (Å²) in [6.07, 6.45) is -0.486. The number of hydrogen-bond donors (Lipinski definition) is 4. The number of nitrogens with zero attached hydrogens (tertiary/aromatic N) is 2. The summed E-state index contributed by atoms with van der Waals surface area (Å²) >= 11 is 12.2. The first kappa shape index (κ1) is 23.8. The summed E-state index contributed by atoms with van der Waals surface area (Å²) in [5.41, 5.74) is 1.47. The molecule has 9 nitrogen and oxygen atoms in total. The van der Waals surface area contributed by atoms with Crippen LogP contribution in [0, 0.1) is 0 Å². The Morgan fingerprint density at radius 1 is 1.13 bits per heavy atom. The second-order valence-electron chi connectivity index (χ2n) is 6.40. The predicted octanol–water partition coefficient (Wildman–Crippen LogP) is 3.04. The lowest BCUT2D eigenvalue weighted by molar-refractivity contribution is -0.118. The maximum absolute atomic E-state index is 11.0. The van der Waals surface area contributed by atoms with E-state index < -0.39 is 6.09 Å². The lowest BCUT2D eigenvalue weighted by atomic mass is 10.2. The molecule has 2 rings (SSSR count). The maximum Gasteiger partial charge on any atom is 0.404 e. The molecule has 0 unspecified atom stereocenters. The number of amides is 2. The van der Waals surface area contributed by atoms with Crippen LogP contribution in [0.1, 0.15) is 25.2 Å². The molecule has 4 N–H and O–H groups in total. The van der Waals surface area contributed by atoms with Gasteiger partial charge in [0.25, 0.3) is 0 Å². The summed E-state index contributed by atoms with van der Waals surface area (Å²) in [4.78, 5) is 21.8. The first-order chi connectivity index (χ1) is 14.3. The number of ether oxygens (including phenoxy) is 1. The number of rotatable bonds is 11. The van der Waals surface area contributed by atoms with Gasteiger partial charge in [0.05, 0.1) is 12.2 Å². The molecule has 1 aromatic carbocycles. The number of carboxylic acid groups (broad SMARTS) is 1. The predicted molar refractivity (Wildman–Crippen MR) is 115 cm³/mol. The van der Waals surface area contributed by atoms with Crippen LogP contribution in [-0.2, 0) is 24.3 Å². The molecular formula is C19H25Cl2N5O4. The monoisotopic (exact) mass is 457 g/mol. The van der Waals surface area contributed by atoms with Gasteiger partial charge in [0.1, 0.15) is 11.4 Å². The third-order valence-corrected chi connectivity index (χ3v) is 4.47. The molecule has 0 bridgehead atoms. The minimum atomic E-state index is -1.10. The molecule has 0 aliphatic heterocycles. The Morgan fingerprint density at radius 3 is 2.43 bits per heavy atom. The minimum Gasteiger partial charge on any atom is -0.465 e. The highest BCUT2D eigenvalue weighted by atomic mass is 35.5. The Labute approximate surface area is 184 Å². The highest BCUT2D eigenvalue weighted by molar-refractivity contribution is 6.34. The zero-order chi connectivity index (χ0) is 22.1.